The third-order valence-electron chi connectivity index (χ3n) is 2.61. The Morgan fingerprint density at radius 1 is 1.20 bits per heavy atom. The number of nitrogens with one attached hydrogen (secondary N) is 1. The molecule has 102 valence electrons. The molecule has 0 unspecified atom stereocenters. The van der Waals surface area contributed by atoms with Gasteiger partial charge in [-0.15, -0.1) is 0 Å². The Labute approximate surface area is 121 Å². The maximum atomic E-state index is 13.3. The Morgan fingerprint density at radius 2 is 1.95 bits per heavy atom. The lowest BCUT2D eigenvalue weighted by atomic mass is 10.2. The van der Waals surface area contributed by atoms with E-state index in [0.717, 1.165) is 4.90 Å². The Bertz CT molecular complexity index is 626. The summed E-state index contributed by atoms with van der Waals surface area (Å²) >= 11 is 1.45. The zero-order valence-corrected chi connectivity index (χ0v) is 11.8. The monoisotopic (exact) mass is 287 g/mol. The van der Waals surface area contributed by atoms with Gasteiger partial charge in [-0.3, -0.25) is 4.79 Å². The second-order valence-electron chi connectivity index (χ2n) is 4.19. The molecule has 0 aromatic heterocycles. The predicted octanol–water partition coefficient (Wildman–Crippen LogP) is 4.38. The number of benzene rings is 2. The largest absolute Gasteiger partial charge is 0.322 e. The third-order valence-corrected chi connectivity index (χ3v) is 3.42. The van der Waals surface area contributed by atoms with Gasteiger partial charge in [-0.25, -0.2) is 4.39 Å². The highest BCUT2D eigenvalue weighted by molar-refractivity contribution is 8.02. The number of halogens is 1. The molecule has 2 nitrogen and oxygen atoms in total. The second-order valence-corrected chi connectivity index (χ2v) is 5.17. The fourth-order valence-electron chi connectivity index (χ4n) is 1.53. The maximum Gasteiger partial charge on any atom is 0.248 e. The van der Waals surface area contributed by atoms with Gasteiger partial charge >= 0.3 is 0 Å². The van der Waals surface area contributed by atoms with Crippen molar-refractivity contribution >= 4 is 23.4 Å². The highest BCUT2D eigenvalue weighted by Gasteiger charge is 2.01. The third kappa shape index (κ3) is 4.24. The molecule has 2 aromatic carbocycles. The van der Waals surface area contributed by atoms with E-state index in [9.17, 15) is 9.18 Å². The number of carbonyl (C=O) groups is 1. The molecule has 0 aliphatic rings. The Kier molecular flexibility index (Phi) is 4.96. The van der Waals surface area contributed by atoms with E-state index < -0.39 is 0 Å². The normalized spacial score (nSPS) is 10.7. The van der Waals surface area contributed by atoms with Gasteiger partial charge in [0, 0.05) is 16.7 Å². The number of aryl methyl sites for hydroxylation is 1. The molecule has 0 bridgehead atoms. The maximum absolute atomic E-state index is 13.3. The predicted molar refractivity (Wildman–Crippen MR) is 81.2 cm³/mol. The van der Waals surface area contributed by atoms with Gasteiger partial charge in [0.05, 0.1) is 0 Å². The van der Waals surface area contributed by atoms with Crippen LogP contribution in [0.3, 0.4) is 0 Å². The molecule has 2 aromatic rings. The fraction of sp³-hybridized carbons (Fsp3) is 0.0625. The summed E-state index contributed by atoms with van der Waals surface area (Å²) in [4.78, 5) is 12.7. The molecule has 0 fully saturated rings. The van der Waals surface area contributed by atoms with Crippen LogP contribution in [0.25, 0.3) is 0 Å². The molecule has 1 N–H and O–H groups in total. The molecule has 0 spiro atoms. The zero-order valence-electron chi connectivity index (χ0n) is 11.0. The van der Waals surface area contributed by atoms with Crippen molar-refractivity contribution in [3.63, 3.8) is 0 Å². The number of hydrogen-bond donors (Lipinski definition) is 1. The molecule has 20 heavy (non-hydrogen) atoms. The van der Waals surface area contributed by atoms with Crippen molar-refractivity contribution in [3.8, 4) is 0 Å². The minimum Gasteiger partial charge on any atom is -0.322 e. The average Bonchev–Trinajstić information content (AvgIpc) is 2.44. The number of rotatable bonds is 4. The van der Waals surface area contributed by atoms with E-state index in [1.807, 2.05) is 30.3 Å². The summed E-state index contributed by atoms with van der Waals surface area (Å²) in [5.74, 6) is -0.609. The van der Waals surface area contributed by atoms with Crippen LogP contribution < -0.4 is 5.32 Å². The highest BCUT2D eigenvalue weighted by atomic mass is 32.2. The van der Waals surface area contributed by atoms with E-state index in [1.54, 1.807) is 24.5 Å². The topological polar surface area (TPSA) is 29.1 Å². The van der Waals surface area contributed by atoms with Gasteiger partial charge in [-0.1, -0.05) is 36.0 Å². The molecule has 0 aliphatic carbocycles. The molecule has 0 heterocycles. The first-order valence-electron chi connectivity index (χ1n) is 6.10. The lowest BCUT2D eigenvalue weighted by molar-refractivity contribution is -0.111. The minimum atomic E-state index is -0.328. The molecule has 0 atom stereocenters. The Balaban J connectivity index is 1.90. The van der Waals surface area contributed by atoms with E-state index >= 15 is 0 Å². The number of thioether (sulfide) groups is 1. The number of amides is 1. The van der Waals surface area contributed by atoms with Crippen LogP contribution in [-0.2, 0) is 4.79 Å². The van der Waals surface area contributed by atoms with Crippen LogP contribution in [0.5, 0.6) is 0 Å². The van der Waals surface area contributed by atoms with Crippen molar-refractivity contribution in [1.82, 2.24) is 0 Å². The molecule has 0 radical (unpaired) electrons. The van der Waals surface area contributed by atoms with Crippen LogP contribution in [0.2, 0.25) is 0 Å². The van der Waals surface area contributed by atoms with Crippen LogP contribution in [0.1, 0.15) is 5.56 Å². The quantitative estimate of drug-likeness (QED) is 0.668. The van der Waals surface area contributed by atoms with Crippen molar-refractivity contribution in [2.24, 2.45) is 0 Å². The lowest BCUT2D eigenvalue weighted by Crippen LogP contribution is -2.07. The van der Waals surface area contributed by atoms with E-state index in [1.165, 1.54) is 23.9 Å². The van der Waals surface area contributed by atoms with Crippen LogP contribution in [-0.4, -0.2) is 5.91 Å². The van der Waals surface area contributed by atoms with Crippen LogP contribution >= 0.6 is 11.8 Å². The summed E-state index contributed by atoms with van der Waals surface area (Å²) < 4.78 is 13.3. The number of hydrogen-bond acceptors (Lipinski definition) is 2. The summed E-state index contributed by atoms with van der Waals surface area (Å²) in [7, 11) is 0. The van der Waals surface area contributed by atoms with Gasteiger partial charge < -0.3 is 5.32 Å². The molecular formula is C16H14FNOS. The highest BCUT2D eigenvalue weighted by Crippen LogP contribution is 2.18. The second kappa shape index (κ2) is 6.91. The molecule has 1 amide bonds. The van der Waals surface area contributed by atoms with Crippen molar-refractivity contribution < 1.29 is 9.18 Å². The van der Waals surface area contributed by atoms with Crippen molar-refractivity contribution in [1.29, 1.82) is 0 Å². The molecule has 4 heteroatoms. The Hall–Kier alpha value is -2.07. The van der Waals surface area contributed by atoms with Gasteiger partial charge in [0.2, 0.25) is 5.91 Å². The number of carbonyl (C=O) groups excluding carboxylic acids is 1. The molecule has 0 saturated carbocycles. The van der Waals surface area contributed by atoms with Gasteiger partial charge in [0.25, 0.3) is 0 Å². The standard InChI is InChI=1S/C16H14FNOS/c1-12-7-8-13(11-15(12)17)18-16(19)9-10-20-14-5-3-2-4-6-14/h2-11H,1H3,(H,18,19)/b10-9+. The number of anilines is 1. The van der Waals surface area contributed by atoms with Gasteiger partial charge in [-0.05, 0) is 42.2 Å². The molecular weight excluding hydrogens is 273 g/mol. The summed E-state index contributed by atoms with van der Waals surface area (Å²) in [5, 5.41) is 4.32. The van der Waals surface area contributed by atoms with Crippen LogP contribution in [0.15, 0.2) is 64.9 Å². The van der Waals surface area contributed by atoms with Gasteiger partial charge in [0.1, 0.15) is 5.82 Å². The van der Waals surface area contributed by atoms with Crippen molar-refractivity contribution in [3.05, 3.63) is 71.4 Å². The SMILES string of the molecule is Cc1ccc(NC(=O)/C=C/Sc2ccccc2)cc1F. The van der Waals surface area contributed by atoms with E-state index in [2.05, 4.69) is 5.32 Å². The average molecular weight is 287 g/mol. The fourth-order valence-corrected chi connectivity index (χ4v) is 2.19. The van der Waals surface area contributed by atoms with E-state index in [0.29, 0.717) is 11.3 Å². The zero-order chi connectivity index (χ0) is 14.4. The molecule has 2 rings (SSSR count). The first kappa shape index (κ1) is 14.3. The van der Waals surface area contributed by atoms with Crippen molar-refractivity contribution in [2.75, 3.05) is 5.32 Å². The minimum absolute atomic E-state index is 0.281. The van der Waals surface area contributed by atoms with Crippen LogP contribution in [0.4, 0.5) is 10.1 Å². The Morgan fingerprint density at radius 3 is 2.65 bits per heavy atom. The summed E-state index contributed by atoms with van der Waals surface area (Å²) in [6.07, 6.45) is 1.43. The van der Waals surface area contributed by atoms with E-state index in [4.69, 9.17) is 0 Å². The smallest absolute Gasteiger partial charge is 0.248 e. The van der Waals surface area contributed by atoms with E-state index in [-0.39, 0.29) is 11.7 Å². The summed E-state index contributed by atoms with van der Waals surface area (Å²) in [6, 6.07) is 14.3. The summed E-state index contributed by atoms with van der Waals surface area (Å²) in [6.45, 7) is 1.68. The van der Waals surface area contributed by atoms with Crippen molar-refractivity contribution in [2.45, 2.75) is 11.8 Å². The summed E-state index contributed by atoms with van der Waals surface area (Å²) in [5.41, 5.74) is 1.01. The van der Waals surface area contributed by atoms with Gasteiger partial charge in [-0.2, -0.15) is 0 Å². The first-order chi connectivity index (χ1) is 9.65. The molecule has 0 saturated heterocycles. The van der Waals surface area contributed by atoms with Gasteiger partial charge in [0.15, 0.2) is 0 Å². The van der Waals surface area contributed by atoms with Crippen LogP contribution in [0, 0.1) is 12.7 Å². The lowest BCUT2D eigenvalue weighted by Gasteiger charge is -2.03. The molecule has 0 aliphatic heterocycles. The first-order valence-corrected chi connectivity index (χ1v) is 6.98.